The van der Waals surface area contributed by atoms with Gasteiger partial charge >= 0.3 is 5.97 Å². The predicted molar refractivity (Wildman–Crippen MR) is 88.4 cm³/mol. The van der Waals surface area contributed by atoms with E-state index in [2.05, 4.69) is 0 Å². The summed E-state index contributed by atoms with van der Waals surface area (Å²) in [5.41, 5.74) is 8.44. The Morgan fingerprint density at radius 2 is 2.00 bits per heavy atom. The first-order chi connectivity index (χ1) is 9.90. The lowest BCUT2D eigenvalue weighted by molar-refractivity contribution is -0.138. The molecule has 3 nitrogen and oxygen atoms in total. The fraction of sp³-hybridized carbons (Fsp3) is 0.312. The molecule has 0 aliphatic heterocycles. The molecule has 0 saturated carbocycles. The van der Waals surface area contributed by atoms with E-state index in [1.807, 2.05) is 13.8 Å². The van der Waals surface area contributed by atoms with E-state index in [0.29, 0.717) is 39.9 Å². The largest absolute Gasteiger partial charge is 0.462 e. The van der Waals surface area contributed by atoms with Gasteiger partial charge in [0.05, 0.1) is 17.2 Å². The number of halogens is 2. The first kappa shape index (κ1) is 17.6. The van der Waals surface area contributed by atoms with Crippen molar-refractivity contribution in [2.75, 3.05) is 6.61 Å². The average molecular weight is 328 g/mol. The normalized spacial score (nSPS) is 12.4. The van der Waals surface area contributed by atoms with Gasteiger partial charge in [0.1, 0.15) is 0 Å². The second-order valence-electron chi connectivity index (χ2n) is 4.47. The Hall–Kier alpha value is -1.45. The van der Waals surface area contributed by atoms with Crippen LogP contribution >= 0.6 is 23.2 Å². The number of ether oxygens (including phenoxy) is 1. The molecular formula is C16H19Cl2NO2. The predicted octanol–water partition coefficient (Wildman–Crippen LogP) is 4.50. The standard InChI is InChI=1S/C16H19Cl2NO2/c1-4-6-11(16(20)21-5-2)8-14(19)15-10(3)7-12(17)9-13(15)18/h6-9H,4-5,19H2,1-3H3/b11-6-,14-8+. The molecule has 21 heavy (non-hydrogen) atoms. The molecule has 0 aromatic heterocycles. The minimum atomic E-state index is -0.398. The number of allylic oxidation sites excluding steroid dienone is 1. The van der Waals surface area contributed by atoms with Crippen LogP contribution < -0.4 is 5.73 Å². The molecule has 0 radical (unpaired) electrons. The van der Waals surface area contributed by atoms with Crippen molar-refractivity contribution in [2.24, 2.45) is 5.73 Å². The zero-order valence-electron chi connectivity index (χ0n) is 12.4. The molecule has 0 aliphatic rings. The van der Waals surface area contributed by atoms with E-state index in [9.17, 15) is 4.79 Å². The van der Waals surface area contributed by atoms with E-state index < -0.39 is 5.97 Å². The Balaban J connectivity index is 3.24. The quantitative estimate of drug-likeness (QED) is 0.492. The van der Waals surface area contributed by atoms with Gasteiger partial charge in [-0.2, -0.15) is 0 Å². The van der Waals surface area contributed by atoms with Gasteiger partial charge in [-0.05, 0) is 44.0 Å². The molecule has 1 aromatic rings. The van der Waals surface area contributed by atoms with Gasteiger partial charge in [0.15, 0.2) is 0 Å². The van der Waals surface area contributed by atoms with E-state index in [-0.39, 0.29) is 0 Å². The highest BCUT2D eigenvalue weighted by Gasteiger charge is 2.12. The molecule has 0 bridgehead atoms. The Bertz CT molecular complexity index is 569. The van der Waals surface area contributed by atoms with Gasteiger partial charge in [0, 0.05) is 16.3 Å². The van der Waals surface area contributed by atoms with Crippen LogP contribution in [0.3, 0.4) is 0 Å². The second kappa shape index (κ2) is 8.11. The van der Waals surface area contributed by atoms with Crippen molar-refractivity contribution in [1.29, 1.82) is 0 Å². The number of carbonyl (C=O) groups excluding carboxylic acids is 1. The van der Waals surface area contributed by atoms with E-state index >= 15 is 0 Å². The summed E-state index contributed by atoms with van der Waals surface area (Å²) in [7, 11) is 0. The van der Waals surface area contributed by atoms with Crippen LogP contribution in [0.1, 0.15) is 31.4 Å². The monoisotopic (exact) mass is 327 g/mol. The van der Waals surface area contributed by atoms with E-state index in [1.54, 1.807) is 31.2 Å². The molecule has 0 fully saturated rings. The molecule has 5 heteroatoms. The Morgan fingerprint density at radius 1 is 1.33 bits per heavy atom. The highest BCUT2D eigenvalue weighted by atomic mass is 35.5. The van der Waals surface area contributed by atoms with Crippen LogP contribution in [0.4, 0.5) is 0 Å². The average Bonchev–Trinajstić information content (AvgIpc) is 2.37. The van der Waals surface area contributed by atoms with E-state index in [4.69, 9.17) is 33.7 Å². The van der Waals surface area contributed by atoms with Crippen molar-refractivity contribution in [1.82, 2.24) is 0 Å². The van der Waals surface area contributed by atoms with Crippen molar-refractivity contribution in [3.8, 4) is 0 Å². The minimum Gasteiger partial charge on any atom is -0.462 e. The van der Waals surface area contributed by atoms with E-state index in [1.165, 1.54) is 0 Å². The van der Waals surface area contributed by atoms with Crippen LogP contribution in [-0.4, -0.2) is 12.6 Å². The van der Waals surface area contributed by atoms with Crippen LogP contribution in [0.15, 0.2) is 29.9 Å². The number of hydrogen-bond acceptors (Lipinski definition) is 3. The minimum absolute atomic E-state index is 0.314. The fourth-order valence-electron chi connectivity index (χ4n) is 1.94. The highest BCUT2D eigenvalue weighted by molar-refractivity contribution is 6.36. The van der Waals surface area contributed by atoms with Crippen LogP contribution in [0.5, 0.6) is 0 Å². The number of rotatable bonds is 5. The molecule has 0 saturated heterocycles. The van der Waals surface area contributed by atoms with Gasteiger partial charge in [-0.3, -0.25) is 0 Å². The Morgan fingerprint density at radius 3 is 2.52 bits per heavy atom. The maximum atomic E-state index is 11.9. The van der Waals surface area contributed by atoms with Gasteiger partial charge in [0.25, 0.3) is 0 Å². The van der Waals surface area contributed by atoms with Crippen molar-refractivity contribution < 1.29 is 9.53 Å². The summed E-state index contributed by atoms with van der Waals surface area (Å²) in [6.07, 6.45) is 4.05. The molecule has 1 rings (SSSR count). The van der Waals surface area contributed by atoms with Crippen LogP contribution in [-0.2, 0) is 9.53 Å². The summed E-state index contributed by atoms with van der Waals surface area (Å²) >= 11 is 12.1. The van der Waals surface area contributed by atoms with Gasteiger partial charge < -0.3 is 10.5 Å². The summed E-state index contributed by atoms with van der Waals surface area (Å²) in [6, 6.07) is 3.40. The van der Waals surface area contributed by atoms with Crippen molar-refractivity contribution in [3.63, 3.8) is 0 Å². The SMILES string of the molecule is CC/C=C(/C=C(/N)c1c(C)cc(Cl)cc1Cl)C(=O)OCC. The first-order valence-corrected chi connectivity index (χ1v) is 7.46. The molecule has 0 aliphatic carbocycles. The number of esters is 1. The van der Waals surface area contributed by atoms with E-state index in [0.717, 1.165) is 5.56 Å². The number of hydrogen-bond donors (Lipinski definition) is 1. The molecule has 2 N–H and O–H groups in total. The third kappa shape index (κ3) is 4.80. The summed E-state index contributed by atoms with van der Waals surface area (Å²) in [4.78, 5) is 11.9. The van der Waals surface area contributed by atoms with Crippen LogP contribution in [0.2, 0.25) is 10.0 Å². The number of nitrogens with two attached hydrogens (primary N) is 1. The lowest BCUT2D eigenvalue weighted by atomic mass is 10.0. The van der Waals surface area contributed by atoms with Crippen LogP contribution in [0.25, 0.3) is 5.70 Å². The topological polar surface area (TPSA) is 52.3 Å². The van der Waals surface area contributed by atoms with Gasteiger partial charge in [-0.15, -0.1) is 0 Å². The lowest BCUT2D eigenvalue weighted by Crippen LogP contribution is -2.09. The van der Waals surface area contributed by atoms with Gasteiger partial charge in [-0.25, -0.2) is 4.79 Å². The molecule has 114 valence electrons. The molecule has 0 heterocycles. The zero-order valence-corrected chi connectivity index (χ0v) is 13.9. The van der Waals surface area contributed by atoms with Crippen molar-refractivity contribution >= 4 is 34.9 Å². The first-order valence-electron chi connectivity index (χ1n) is 6.71. The number of benzene rings is 1. The number of aryl methyl sites for hydroxylation is 1. The lowest BCUT2D eigenvalue weighted by Gasteiger charge is -2.11. The third-order valence-corrected chi connectivity index (χ3v) is 3.30. The summed E-state index contributed by atoms with van der Waals surface area (Å²) in [5, 5.41) is 0.997. The second-order valence-corrected chi connectivity index (χ2v) is 5.31. The Kier molecular flexibility index (Phi) is 6.79. The Labute approximate surface area is 135 Å². The summed E-state index contributed by atoms with van der Waals surface area (Å²) in [6.45, 7) is 5.87. The molecule has 0 unspecified atom stereocenters. The van der Waals surface area contributed by atoms with Crippen LogP contribution in [0, 0.1) is 6.92 Å². The van der Waals surface area contributed by atoms with Gasteiger partial charge in [-0.1, -0.05) is 36.2 Å². The molecular weight excluding hydrogens is 309 g/mol. The fourth-order valence-corrected chi connectivity index (χ4v) is 2.65. The molecule has 0 spiro atoms. The zero-order chi connectivity index (χ0) is 16.0. The maximum absolute atomic E-state index is 11.9. The smallest absolute Gasteiger partial charge is 0.337 e. The highest BCUT2D eigenvalue weighted by Crippen LogP contribution is 2.29. The maximum Gasteiger partial charge on any atom is 0.337 e. The number of carbonyl (C=O) groups is 1. The molecule has 0 amide bonds. The van der Waals surface area contributed by atoms with Crippen molar-refractivity contribution in [2.45, 2.75) is 27.2 Å². The summed E-state index contributed by atoms with van der Waals surface area (Å²) in [5.74, 6) is -0.398. The van der Waals surface area contributed by atoms with Gasteiger partial charge in [0.2, 0.25) is 0 Å². The third-order valence-electron chi connectivity index (χ3n) is 2.79. The van der Waals surface area contributed by atoms with Crippen molar-refractivity contribution in [3.05, 3.63) is 51.0 Å². The summed E-state index contributed by atoms with van der Waals surface area (Å²) < 4.78 is 5.01. The molecule has 1 aromatic carbocycles. The molecule has 0 atom stereocenters.